The number of amides is 1. The van der Waals surface area contributed by atoms with E-state index < -0.39 is 0 Å². The van der Waals surface area contributed by atoms with E-state index in [1.807, 2.05) is 12.4 Å². The molecule has 1 aromatic heterocycles. The van der Waals surface area contributed by atoms with Crippen molar-refractivity contribution in [2.45, 2.75) is 32.9 Å². The van der Waals surface area contributed by atoms with E-state index in [0.717, 1.165) is 30.8 Å². The fourth-order valence-corrected chi connectivity index (χ4v) is 3.55. The highest BCUT2D eigenvalue weighted by molar-refractivity contribution is 5.79. The third-order valence-electron chi connectivity index (χ3n) is 5.09. The zero-order valence-electron chi connectivity index (χ0n) is 15.0. The highest BCUT2D eigenvalue weighted by Crippen LogP contribution is 2.22. The maximum atomic E-state index is 12.5. The largest absolute Gasteiger partial charge is 0.352 e. The summed E-state index contributed by atoms with van der Waals surface area (Å²) >= 11 is 0. The van der Waals surface area contributed by atoms with Crippen molar-refractivity contribution in [2.75, 3.05) is 0 Å². The summed E-state index contributed by atoms with van der Waals surface area (Å²) in [6.45, 7) is 3.54. The third kappa shape index (κ3) is 3.54. The van der Waals surface area contributed by atoms with E-state index >= 15 is 0 Å². The molecule has 1 N–H and O–H groups in total. The molecule has 2 heterocycles. The topological polar surface area (TPSA) is 46.9 Å². The number of nitrogens with zero attached hydrogens (tertiary/aromatic N) is 2. The van der Waals surface area contributed by atoms with Crippen molar-refractivity contribution in [3.05, 3.63) is 77.9 Å². The van der Waals surface area contributed by atoms with Gasteiger partial charge in [0.15, 0.2) is 0 Å². The van der Waals surface area contributed by atoms with Gasteiger partial charge in [-0.15, -0.1) is 0 Å². The molecule has 26 heavy (non-hydrogen) atoms. The first-order valence-electron chi connectivity index (χ1n) is 9.13. The maximum absolute atomic E-state index is 12.5. The minimum absolute atomic E-state index is 0.0245. The number of aryl methyl sites for hydroxylation is 2. The first kappa shape index (κ1) is 16.6. The van der Waals surface area contributed by atoms with E-state index in [1.165, 1.54) is 16.7 Å². The van der Waals surface area contributed by atoms with Gasteiger partial charge >= 0.3 is 0 Å². The Bertz CT molecular complexity index is 911. The van der Waals surface area contributed by atoms with Crippen molar-refractivity contribution < 1.29 is 4.79 Å². The van der Waals surface area contributed by atoms with Crippen LogP contribution in [0.1, 0.15) is 23.4 Å². The molecule has 1 aliphatic heterocycles. The number of rotatable bonds is 4. The Hall–Kier alpha value is -2.88. The fourth-order valence-electron chi connectivity index (χ4n) is 3.55. The number of carbonyl (C=O) groups excluding carboxylic acids is 1. The Kier molecular flexibility index (Phi) is 4.57. The van der Waals surface area contributed by atoms with Crippen molar-refractivity contribution >= 4 is 5.91 Å². The molecule has 4 rings (SSSR count). The molecule has 0 aliphatic carbocycles. The van der Waals surface area contributed by atoms with Gasteiger partial charge in [0.05, 0.1) is 0 Å². The number of imidazole rings is 1. The van der Waals surface area contributed by atoms with Gasteiger partial charge in [0.25, 0.3) is 0 Å². The standard InChI is InChI=1S/C22H23N3O/c1-16-3-2-4-19(13-16)18-7-5-17(6-8-18)15-24-22(26)20-9-11-25-12-10-23-21(25)14-20/h2-8,10,12-13,20H,9,11,14-15H2,1H3,(H,24,26)/t20-/m0/s1. The van der Waals surface area contributed by atoms with E-state index in [4.69, 9.17) is 0 Å². The normalized spacial score (nSPS) is 16.1. The summed E-state index contributed by atoms with van der Waals surface area (Å²) in [7, 11) is 0. The molecular formula is C22H23N3O. The molecule has 4 nitrogen and oxygen atoms in total. The van der Waals surface area contributed by atoms with E-state index in [1.54, 1.807) is 0 Å². The van der Waals surface area contributed by atoms with Crippen molar-refractivity contribution in [3.8, 4) is 11.1 Å². The molecule has 0 saturated heterocycles. The van der Waals surface area contributed by atoms with Crippen molar-refractivity contribution in [3.63, 3.8) is 0 Å². The van der Waals surface area contributed by atoms with Crippen LogP contribution in [-0.2, 0) is 24.3 Å². The van der Waals surface area contributed by atoms with Crippen LogP contribution in [0.3, 0.4) is 0 Å². The van der Waals surface area contributed by atoms with Crippen molar-refractivity contribution in [1.29, 1.82) is 0 Å². The van der Waals surface area contributed by atoms with Gasteiger partial charge in [-0.1, -0.05) is 54.1 Å². The van der Waals surface area contributed by atoms with Crippen LogP contribution < -0.4 is 5.32 Å². The minimum Gasteiger partial charge on any atom is -0.352 e. The molecular weight excluding hydrogens is 322 g/mol. The second-order valence-corrected chi connectivity index (χ2v) is 7.01. The Morgan fingerprint density at radius 3 is 2.85 bits per heavy atom. The molecule has 2 aromatic carbocycles. The van der Waals surface area contributed by atoms with Crippen LogP contribution in [0.25, 0.3) is 11.1 Å². The van der Waals surface area contributed by atoms with Crippen LogP contribution >= 0.6 is 0 Å². The monoisotopic (exact) mass is 345 g/mol. The Morgan fingerprint density at radius 1 is 1.19 bits per heavy atom. The molecule has 1 atom stereocenters. The Balaban J connectivity index is 1.35. The summed E-state index contributed by atoms with van der Waals surface area (Å²) in [5.41, 5.74) is 4.79. The SMILES string of the molecule is Cc1cccc(-c2ccc(CNC(=O)[C@H]3CCn4ccnc4C3)cc2)c1. The fraction of sp³-hybridized carbons (Fsp3) is 0.273. The molecule has 0 bridgehead atoms. The molecule has 1 aliphatic rings. The average Bonchev–Trinajstić information content (AvgIpc) is 3.14. The first-order valence-corrected chi connectivity index (χ1v) is 9.13. The van der Waals surface area contributed by atoms with Crippen LogP contribution in [0.2, 0.25) is 0 Å². The van der Waals surface area contributed by atoms with Gasteiger partial charge in [-0.05, 0) is 30.0 Å². The first-order chi connectivity index (χ1) is 12.7. The van der Waals surface area contributed by atoms with Gasteiger partial charge < -0.3 is 9.88 Å². The summed E-state index contributed by atoms with van der Waals surface area (Å²) in [5, 5.41) is 3.08. The summed E-state index contributed by atoms with van der Waals surface area (Å²) in [6.07, 6.45) is 5.40. The molecule has 0 spiro atoms. The molecule has 4 heteroatoms. The lowest BCUT2D eigenvalue weighted by Crippen LogP contribution is -2.35. The number of fused-ring (bicyclic) bond motifs is 1. The van der Waals surface area contributed by atoms with Gasteiger partial charge in [-0.2, -0.15) is 0 Å². The second-order valence-electron chi connectivity index (χ2n) is 7.01. The molecule has 3 aromatic rings. The van der Waals surface area contributed by atoms with Crippen LogP contribution in [0.4, 0.5) is 0 Å². The van der Waals surface area contributed by atoms with Crippen LogP contribution in [0.5, 0.6) is 0 Å². The molecule has 0 saturated carbocycles. The molecule has 0 fully saturated rings. The lowest BCUT2D eigenvalue weighted by atomic mass is 9.96. The summed E-state index contributed by atoms with van der Waals surface area (Å²) in [5.74, 6) is 1.16. The van der Waals surface area contributed by atoms with Gasteiger partial charge in [0.2, 0.25) is 5.91 Å². The van der Waals surface area contributed by atoms with Crippen LogP contribution in [0.15, 0.2) is 60.9 Å². The predicted octanol–water partition coefficient (Wildman–Crippen LogP) is 3.74. The number of aromatic nitrogens is 2. The lowest BCUT2D eigenvalue weighted by Gasteiger charge is -2.22. The van der Waals surface area contributed by atoms with E-state index in [2.05, 4.69) is 70.3 Å². The summed E-state index contributed by atoms with van der Waals surface area (Å²) in [6, 6.07) is 16.9. The second kappa shape index (κ2) is 7.16. The Labute approximate surface area is 153 Å². The van der Waals surface area contributed by atoms with Gasteiger partial charge in [-0.25, -0.2) is 4.98 Å². The summed E-state index contributed by atoms with van der Waals surface area (Å²) < 4.78 is 2.13. The number of benzene rings is 2. The number of nitrogens with one attached hydrogen (secondary N) is 1. The van der Waals surface area contributed by atoms with Gasteiger partial charge in [0.1, 0.15) is 5.82 Å². The zero-order valence-corrected chi connectivity index (χ0v) is 15.0. The Morgan fingerprint density at radius 2 is 2.04 bits per heavy atom. The van der Waals surface area contributed by atoms with Crippen LogP contribution in [-0.4, -0.2) is 15.5 Å². The third-order valence-corrected chi connectivity index (χ3v) is 5.09. The highest BCUT2D eigenvalue weighted by atomic mass is 16.1. The molecule has 0 unspecified atom stereocenters. The summed E-state index contributed by atoms with van der Waals surface area (Å²) in [4.78, 5) is 16.8. The van der Waals surface area contributed by atoms with E-state index in [-0.39, 0.29) is 11.8 Å². The smallest absolute Gasteiger partial charge is 0.223 e. The highest BCUT2D eigenvalue weighted by Gasteiger charge is 2.24. The average molecular weight is 345 g/mol. The van der Waals surface area contributed by atoms with E-state index in [0.29, 0.717) is 6.54 Å². The van der Waals surface area contributed by atoms with Crippen molar-refractivity contribution in [1.82, 2.24) is 14.9 Å². The quantitative estimate of drug-likeness (QED) is 0.783. The minimum atomic E-state index is 0.0245. The molecule has 0 radical (unpaired) electrons. The number of carbonyl (C=O) groups is 1. The molecule has 1 amide bonds. The van der Waals surface area contributed by atoms with Crippen LogP contribution in [0, 0.1) is 12.8 Å². The predicted molar refractivity (Wildman–Crippen MR) is 102 cm³/mol. The van der Waals surface area contributed by atoms with Gasteiger partial charge in [0, 0.05) is 37.8 Å². The lowest BCUT2D eigenvalue weighted by molar-refractivity contribution is -0.125. The van der Waals surface area contributed by atoms with Crippen molar-refractivity contribution in [2.24, 2.45) is 5.92 Å². The van der Waals surface area contributed by atoms with E-state index in [9.17, 15) is 4.79 Å². The maximum Gasteiger partial charge on any atom is 0.223 e. The number of hydrogen-bond acceptors (Lipinski definition) is 2. The van der Waals surface area contributed by atoms with Gasteiger partial charge in [-0.3, -0.25) is 4.79 Å². The zero-order chi connectivity index (χ0) is 17.9. The molecule has 132 valence electrons. The number of hydrogen-bond donors (Lipinski definition) is 1.